The molecule has 0 spiro atoms. The maximum atomic E-state index is 14.0. The molecule has 12 heteroatoms. The molecule has 4 heterocycles. The fourth-order valence-electron chi connectivity index (χ4n) is 5.41. The molecule has 3 aromatic heterocycles. The lowest BCUT2D eigenvalue weighted by molar-refractivity contribution is 0.0499. The Bertz CT molecular complexity index is 1950. The molecule has 1 fully saturated rings. The number of alkyl carbamates (subject to hydrolysis) is 1. The summed E-state index contributed by atoms with van der Waals surface area (Å²) in [6.45, 7) is 8.31. The first-order valence-corrected chi connectivity index (χ1v) is 14.1. The minimum atomic E-state index is -0.618. The molecule has 5 rings (SSSR count). The number of hydrogen-bond acceptors (Lipinski definition) is 8. The lowest BCUT2D eigenvalue weighted by atomic mass is 10.0. The number of nitrogens with one attached hydrogen (secondary N) is 1. The lowest BCUT2D eigenvalue weighted by Crippen LogP contribution is -2.49. The number of carbonyl (C=O) groups excluding carboxylic acids is 1. The minimum absolute atomic E-state index is 0.109. The number of rotatable bonds is 5. The van der Waals surface area contributed by atoms with Gasteiger partial charge in [0.25, 0.3) is 5.56 Å². The molecule has 1 atom stereocenters. The lowest BCUT2D eigenvalue weighted by Gasteiger charge is -2.34. The molecule has 1 aromatic carbocycles. The molecule has 0 radical (unpaired) electrons. The first kappa shape index (κ1) is 29.4. The molecule has 0 aliphatic carbocycles. The highest BCUT2D eigenvalue weighted by molar-refractivity contribution is 5.85. The van der Waals surface area contributed by atoms with Gasteiger partial charge in [-0.2, -0.15) is 10.2 Å². The largest absolute Gasteiger partial charge is 0.444 e. The van der Waals surface area contributed by atoms with Gasteiger partial charge in [0.15, 0.2) is 11.2 Å². The number of ether oxygens (including phenoxy) is 1. The summed E-state index contributed by atoms with van der Waals surface area (Å²) >= 11 is 0. The van der Waals surface area contributed by atoms with Crippen molar-refractivity contribution in [2.45, 2.75) is 65.3 Å². The summed E-state index contributed by atoms with van der Waals surface area (Å²) < 4.78 is 9.64. The zero-order valence-corrected chi connectivity index (χ0v) is 25.0. The summed E-state index contributed by atoms with van der Waals surface area (Å²) in [4.78, 5) is 51.2. The van der Waals surface area contributed by atoms with Crippen molar-refractivity contribution in [1.82, 2.24) is 29.0 Å². The summed E-state index contributed by atoms with van der Waals surface area (Å²) in [5, 5.41) is 13.7. The minimum Gasteiger partial charge on any atom is -0.444 e. The van der Waals surface area contributed by atoms with E-state index in [1.54, 1.807) is 36.9 Å². The molecule has 0 unspecified atom stereocenters. The highest BCUT2D eigenvalue weighted by Gasteiger charge is 2.29. The van der Waals surface area contributed by atoms with Crippen LogP contribution >= 0.6 is 0 Å². The topological polar surface area (TPSA) is 140 Å². The molecule has 1 aliphatic rings. The van der Waals surface area contributed by atoms with Crippen molar-refractivity contribution in [3.05, 3.63) is 62.4 Å². The van der Waals surface area contributed by atoms with E-state index in [0.717, 1.165) is 22.8 Å². The van der Waals surface area contributed by atoms with Gasteiger partial charge in [0.1, 0.15) is 11.7 Å². The van der Waals surface area contributed by atoms with Crippen molar-refractivity contribution in [3.63, 3.8) is 0 Å². The normalized spacial score (nSPS) is 15.2. The molecular weight excluding hydrogens is 548 g/mol. The van der Waals surface area contributed by atoms with Crippen molar-refractivity contribution in [3.8, 4) is 17.9 Å². The van der Waals surface area contributed by atoms with Gasteiger partial charge in [-0.1, -0.05) is 24.1 Å². The van der Waals surface area contributed by atoms with Gasteiger partial charge in [0.05, 0.1) is 24.2 Å². The van der Waals surface area contributed by atoms with E-state index in [1.807, 2.05) is 37.8 Å². The number of nitrogens with zero attached hydrogens (tertiary/aromatic N) is 7. The molecule has 0 saturated carbocycles. The van der Waals surface area contributed by atoms with E-state index in [-0.39, 0.29) is 30.3 Å². The molecule has 12 nitrogen and oxygen atoms in total. The monoisotopic (exact) mass is 582 g/mol. The molecular formula is C31H34N8O4. The summed E-state index contributed by atoms with van der Waals surface area (Å²) in [6, 6.07) is 9.21. The Morgan fingerprint density at radius 2 is 2.00 bits per heavy atom. The van der Waals surface area contributed by atoms with E-state index in [9.17, 15) is 19.6 Å². The Morgan fingerprint density at radius 1 is 1.21 bits per heavy atom. The Morgan fingerprint density at radius 3 is 2.72 bits per heavy atom. The SMILES string of the molecule is CC#CCn1c(N2CCC[C@@H](NC(=O)OC(C)(C)C)C2)nc2c1c(=O)n(Cc1ccc3cccnc3c1C#N)c(=O)n2C. The fraction of sp³-hybridized carbons (Fsp3) is 0.419. The Hall–Kier alpha value is -5.10. The first-order chi connectivity index (χ1) is 20.5. The smallest absolute Gasteiger partial charge is 0.407 e. The third kappa shape index (κ3) is 5.82. The number of aryl methyl sites for hydroxylation is 1. The van der Waals surface area contributed by atoms with Crippen LogP contribution in [0.1, 0.15) is 51.7 Å². The maximum absolute atomic E-state index is 14.0. The number of pyridine rings is 1. The molecule has 4 aromatic rings. The van der Waals surface area contributed by atoms with Gasteiger partial charge in [0, 0.05) is 37.8 Å². The van der Waals surface area contributed by atoms with Crippen molar-refractivity contribution in [2.24, 2.45) is 7.05 Å². The number of aromatic nitrogens is 5. The van der Waals surface area contributed by atoms with Crippen LogP contribution in [0.15, 0.2) is 40.1 Å². The number of amides is 1. The average molecular weight is 583 g/mol. The third-order valence-corrected chi connectivity index (χ3v) is 7.35. The van der Waals surface area contributed by atoms with Gasteiger partial charge in [-0.05, 0) is 52.2 Å². The van der Waals surface area contributed by atoms with Crippen molar-refractivity contribution < 1.29 is 9.53 Å². The van der Waals surface area contributed by atoms with Crippen LogP contribution in [0.3, 0.4) is 0 Å². The van der Waals surface area contributed by atoms with Crippen molar-refractivity contribution in [1.29, 1.82) is 5.26 Å². The second kappa shape index (κ2) is 11.6. The molecule has 1 amide bonds. The zero-order valence-electron chi connectivity index (χ0n) is 25.0. The van der Waals surface area contributed by atoms with Gasteiger partial charge < -0.3 is 15.0 Å². The Labute approximate surface area is 248 Å². The second-order valence-electron chi connectivity index (χ2n) is 11.5. The Balaban J connectivity index is 1.58. The van der Waals surface area contributed by atoms with Crippen LogP contribution in [0.25, 0.3) is 22.1 Å². The van der Waals surface area contributed by atoms with Gasteiger partial charge in [-0.25, -0.2) is 9.59 Å². The second-order valence-corrected chi connectivity index (χ2v) is 11.5. The first-order valence-electron chi connectivity index (χ1n) is 14.1. The molecule has 43 heavy (non-hydrogen) atoms. The number of benzene rings is 1. The van der Waals surface area contributed by atoms with E-state index < -0.39 is 22.9 Å². The van der Waals surface area contributed by atoms with Crippen LogP contribution in [0, 0.1) is 23.2 Å². The van der Waals surface area contributed by atoms with Crippen LogP contribution in [-0.4, -0.2) is 54.5 Å². The van der Waals surface area contributed by atoms with Crippen molar-refractivity contribution >= 4 is 34.1 Å². The number of anilines is 1. The fourth-order valence-corrected chi connectivity index (χ4v) is 5.41. The van der Waals surface area contributed by atoms with Crippen LogP contribution in [0.5, 0.6) is 0 Å². The van der Waals surface area contributed by atoms with Gasteiger partial charge in [-0.3, -0.25) is 23.5 Å². The Kier molecular flexibility index (Phi) is 7.96. The summed E-state index contributed by atoms with van der Waals surface area (Å²) in [5.74, 6) is 6.40. The number of piperidine rings is 1. The van der Waals surface area contributed by atoms with E-state index >= 15 is 0 Å². The number of imidazole rings is 1. The average Bonchev–Trinajstić information content (AvgIpc) is 3.35. The van der Waals surface area contributed by atoms with E-state index in [2.05, 4.69) is 28.2 Å². The third-order valence-electron chi connectivity index (χ3n) is 7.35. The summed E-state index contributed by atoms with van der Waals surface area (Å²) in [5.41, 5.74) is 0.116. The van der Waals surface area contributed by atoms with Gasteiger partial charge >= 0.3 is 11.8 Å². The highest BCUT2D eigenvalue weighted by Crippen LogP contribution is 2.24. The maximum Gasteiger partial charge on any atom is 0.407 e. The zero-order chi connectivity index (χ0) is 30.9. The molecule has 1 saturated heterocycles. The predicted molar refractivity (Wildman–Crippen MR) is 163 cm³/mol. The van der Waals surface area contributed by atoms with Gasteiger partial charge in [-0.15, -0.1) is 5.92 Å². The standard InChI is InChI=1S/C31H34N8O4/c1-6-7-16-38-25-26(35-28(38)37-15-9-11-22(19-37)34-29(41)43-31(2,3)4)36(5)30(42)39(27(25)40)18-21-13-12-20-10-8-14-33-24(20)23(21)17-32/h8,10,12-14,22H,9,11,15-16,18-19H2,1-5H3,(H,34,41)/t22-/m1/s1. The van der Waals surface area contributed by atoms with Crippen LogP contribution in [-0.2, 0) is 24.9 Å². The number of hydrogen-bond donors (Lipinski definition) is 1. The van der Waals surface area contributed by atoms with Gasteiger partial charge in [0.2, 0.25) is 5.95 Å². The van der Waals surface area contributed by atoms with E-state index in [0.29, 0.717) is 35.7 Å². The van der Waals surface area contributed by atoms with E-state index in [1.165, 1.54) is 4.57 Å². The molecule has 0 bridgehead atoms. The van der Waals surface area contributed by atoms with Crippen LogP contribution in [0.2, 0.25) is 0 Å². The van der Waals surface area contributed by atoms with Crippen LogP contribution in [0.4, 0.5) is 10.7 Å². The summed E-state index contributed by atoms with van der Waals surface area (Å²) in [7, 11) is 1.57. The van der Waals surface area contributed by atoms with Crippen LogP contribution < -0.4 is 21.5 Å². The summed E-state index contributed by atoms with van der Waals surface area (Å²) in [6.07, 6.45) is 2.65. The van der Waals surface area contributed by atoms with E-state index in [4.69, 9.17) is 9.72 Å². The highest BCUT2D eigenvalue weighted by atomic mass is 16.6. The molecule has 1 N–H and O–H groups in total. The number of carbonyl (C=O) groups is 1. The predicted octanol–water partition coefficient (Wildman–Crippen LogP) is 2.88. The quantitative estimate of drug-likeness (QED) is 0.354. The van der Waals surface area contributed by atoms with Crippen molar-refractivity contribution in [2.75, 3.05) is 18.0 Å². The molecule has 222 valence electrons. The molecule has 1 aliphatic heterocycles. The number of nitriles is 1. The number of fused-ring (bicyclic) bond motifs is 2.